The number of aliphatic hydroxyl groups is 1. The molecule has 3 fully saturated rings. The lowest BCUT2D eigenvalue weighted by Gasteiger charge is -2.66. The number of nitrogens with zero attached hydrogens (tertiary/aromatic N) is 1. The molecule has 2 bridgehead atoms. The molecule has 5 heteroatoms. The van der Waals surface area contributed by atoms with Gasteiger partial charge in [-0.25, -0.2) is 0 Å². The number of hydrogen-bond acceptors (Lipinski definition) is 5. The first-order valence-electron chi connectivity index (χ1n) is 11.1. The third-order valence-electron chi connectivity index (χ3n) is 8.79. The fourth-order valence-electron chi connectivity index (χ4n) is 7.59. The summed E-state index contributed by atoms with van der Waals surface area (Å²) in [7, 11) is 1.72. The Morgan fingerprint density at radius 3 is 2.89 bits per heavy atom. The summed E-state index contributed by atoms with van der Waals surface area (Å²) in [6.07, 6.45) is 7.22. The van der Waals surface area contributed by atoms with Gasteiger partial charge in [0.15, 0.2) is 11.5 Å². The first kappa shape index (κ1) is 17.5. The van der Waals surface area contributed by atoms with E-state index in [9.17, 15) is 5.11 Å². The van der Waals surface area contributed by atoms with E-state index in [0.29, 0.717) is 12.6 Å². The van der Waals surface area contributed by atoms with Crippen molar-refractivity contribution in [3.8, 4) is 11.5 Å². The molecule has 5 aliphatic rings. The van der Waals surface area contributed by atoms with Gasteiger partial charge in [-0.15, -0.1) is 0 Å². The number of rotatable bonds is 5. The molecule has 2 heterocycles. The SMILES string of the molecule is COc1ccc2c3c1O[C@H]1[C@@H](O)CC[C@@]4(CCN)[C@H](C2)N(CC2CC2)CC[C@]314. The maximum absolute atomic E-state index is 11.0. The second kappa shape index (κ2) is 5.87. The number of ether oxygens (including phenoxy) is 2. The summed E-state index contributed by atoms with van der Waals surface area (Å²) in [5, 5.41) is 11.0. The van der Waals surface area contributed by atoms with E-state index in [2.05, 4.69) is 17.0 Å². The summed E-state index contributed by atoms with van der Waals surface area (Å²) in [5.74, 6) is 2.61. The van der Waals surface area contributed by atoms with Gasteiger partial charge in [0.2, 0.25) is 0 Å². The molecule has 0 aromatic heterocycles. The van der Waals surface area contributed by atoms with Crippen LogP contribution in [0.4, 0.5) is 0 Å². The quantitative estimate of drug-likeness (QED) is 0.815. The minimum atomic E-state index is -0.412. The van der Waals surface area contributed by atoms with Crippen LogP contribution in [0.15, 0.2) is 12.1 Å². The fourth-order valence-corrected chi connectivity index (χ4v) is 7.59. The predicted octanol–water partition coefficient (Wildman–Crippen LogP) is 2.22. The van der Waals surface area contributed by atoms with E-state index in [1.54, 1.807) is 7.11 Å². The summed E-state index contributed by atoms with van der Waals surface area (Å²) in [4.78, 5) is 2.79. The lowest BCUT2D eigenvalue weighted by atomic mass is 9.42. The van der Waals surface area contributed by atoms with Crippen molar-refractivity contribution in [1.29, 1.82) is 0 Å². The van der Waals surface area contributed by atoms with Crippen LogP contribution >= 0.6 is 0 Å². The number of benzene rings is 1. The standard InChI is InChI=1S/C23H32N2O3/c1-27-17-5-4-15-12-18-22(8-10-24)7-6-16(26)21-23(22,19(15)20(17)28-21)9-11-25(18)13-14-2-3-14/h4-5,14,16,18,21,26H,2-3,6-13,24H2,1H3/t16-,18-,21-,22+,23-/m0/s1. The molecule has 1 spiro atoms. The molecule has 3 N–H and O–H groups in total. The van der Waals surface area contributed by atoms with Gasteiger partial charge in [-0.05, 0) is 75.6 Å². The van der Waals surface area contributed by atoms with Gasteiger partial charge in [0.05, 0.1) is 13.2 Å². The summed E-state index contributed by atoms with van der Waals surface area (Å²) in [6.45, 7) is 3.04. The van der Waals surface area contributed by atoms with Crippen LogP contribution in [0.25, 0.3) is 0 Å². The van der Waals surface area contributed by atoms with Crippen LogP contribution in [0.2, 0.25) is 0 Å². The van der Waals surface area contributed by atoms with Crippen molar-refractivity contribution in [3.63, 3.8) is 0 Å². The fraction of sp³-hybridized carbons (Fsp3) is 0.739. The van der Waals surface area contributed by atoms with Crippen LogP contribution in [0.3, 0.4) is 0 Å². The summed E-state index contributed by atoms with van der Waals surface area (Å²) >= 11 is 0. The Labute approximate surface area is 167 Å². The smallest absolute Gasteiger partial charge is 0.165 e. The highest BCUT2D eigenvalue weighted by Crippen LogP contribution is 2.70. The summed E-state index contributed by atoms with van der Waals surface area (Å²) in [6, 6.07) is 4.83. The first-order chi connectivity index (χ1) is 13.6. The Kier molecular flexibility index (Phi) is 3.68. The molecular formula is C23H32N2O3. The number of likely N-dealkylation sites (tertiary alicyclic amines) is 1. The Hall–Kier alpha value is -1.30. The summed E-state index contributed by atoms with van der Waals surface area (Å²) < 4.78 is 12.3. The van der Waals surface area contributed by atoms with Crippen molar-refractivity contribution in [2.45, 2.75) is 68.6 Å². The minimum absolute atomic E-state index is 0.101. The van der Waals surface area contributed by atoms with Crippen molar-refractivity contribution in [1.82, 2.24) is 4.90 Å². The Bertz CT molecular complexity index is 809. The molecule has 2 aliphatic heterocycles. The first-order valence-corrected chi connectivity index (χ1v) is 11.1. The number of aliphatic hydroxyl groups excluding tert-OH is 1. The average Bonchev–Trinajstić information content (AvgIpc) is 3.44. The summed E-state index contributed by atoms with van der Waals surface area (Å²) in [5.41, 5.74) is 8.99. The number of hydrogen-bond donors (Lipinski definition) is 2. The largest absolute Gasteiger partial charge is 0.493 e. The van der Waals surface area contributed by atoms with E-state index in [0.717, 1.165) is 56.1 Å². The third-order valence-corrected chi connectivity index (χ3v) is 8.79. The molecular weight excluding hydrogens is 352 g/mol. The number of piperidine rings is 1. The Balaban J connectivity index is 1.58. The zero-order valence-electron chi connectivity index (χ0n) is 16.8. The van der Waals surface area contributed by atoms with Crippen molar-refractivity contribution in [3.05, 3.63) is 23.3 Å². The maximum Gasteiger partial charge on any atom is 0.165 e. The highest BCUT2D eigenvalue weighted by molar-refractivity contribution is 5.62. The van der Waals surface area contributed by atoms with E-state index in [4.69, 9.17) is 15.2 Å². The molecule has 3 aliphatic carbocycles. The molecule has 5 nitrogen and oxygen atoms in total. The third kappa shape index (κ3) is 1.98. The molecule has 28 heavy (non-hydrogen) atoms. The molecule has 2 saturated carbocycles. The van der Waals surface area contributed by atoms with E-state index in [1.165, 1.54) is 30.5 Å². The molecule has 5 atom stereocenters. The zero-order valence-corrected chi connectivity index (χ0v) is 16.8. The van der Waals surface area contributed by atoms with Gasteiger partial charge in [-0.3, -0.25) is 4.90 Å². The van der Waals surface area contributed by atoms with Gasteiger partial charge in [0.25, 0.3) is 0 Å². The molecule has 1 saturated heterocycles. The highest BCUT2D eigenvalue weighted by atomic mass is 16.5. The Morgan fingerprint density at radius 1 is 1.29 bits per heavy atom. The van der Waals surface area contributed by atoms with E-state index >= 15 is 0 Å². The van der Waals surface area contributed by atoms with Gasteiger partial charge in [0.1, 0.15) is 6.10 Å². The second-order valence-electron chi connectivity index (χ2n) is 9.85. The molecule has 0 unspecified atom stereocenters. The molecule has 6 rings (SSSR count). The average molecular weight is 385 g/mol. The predicted molar refractivity (Wildman–Crippen MR) is 107 cm³/mol. The molecule has 152 valence electrons. The topological polar surface area (TPSA) is 67.9 Å². The van der Waals surface area contributed by atoms with Crippen LogP contribution in [0.5, 0.6) is 11.5 Å². The van der Waals surface area contributed by atoms with Crippen molar-refractivity contribution >= 4 is 0 Å². The monoisotopic (exact) mass is 384 g/mol. The van der Waals surface area contributed by atoms with E-state index in [-0.39, 0.29) is 16.9 Å². The molecule has 1 aromatic carbocycles. The maximum atomic E-state index is 11.0. The molecule has 0 amide bonds. The second-order valence-corrected chi connectivity index (χ2v) is 9.85. The van der Waals surface area contributed by atoms with Crippen LogP contribution < -0.4 is 15.2 Å². The highest BCUT2D eigenvalue weighted by Gasteiger charge is 2.72. The van der Waals surface area contributed by atoms with Crippen LogP contribution in [0, 0.1) is 11.3 Å². The lowest BCUT2D eigenvalue weighted by Crippen LogP contribution is -2.73. The number of methoxy groups -OCH3 is 1. The van der Waals surface area contributed by atoms with Gasteiger partial charge >= 0.3 is 0 Å². The van der Waals surface area contributed by atoms with Gasteiger partial charge in [-0.2, -0.15) is 0 Å². The van der Waals surface area contributed by atoms with Crippen LogP contribution in [-0.2, 0) is 11.8 Å². The zero-order chi connectivity index (χ0) is 19.1. The minimum Gasteiger partial charge on any atom is -0.493 e. The van der Waals surface area contributed by atoms with Crippen LogP contribution in [-0.4, -0.2) is 55.0 Å². The van der Waals surface area contributed by atoms with Gasteiger partial charge < -0.3 is 20.3 Å². The van der Waals surface area contributed by atoms with E-state index < -0.39 is 6.10 Å². The van der Waals surface area contributed by atoms with Crippen molar-refractivity contribution in [2.24, 2.45) is 17.1 Å². The van der Waals surface area contributed by atoms with Gasteiger partial charge in [-0.1, -0.05) is 6.07 Å². The van der Waals surface area contributed by atoms with Crippen molar-refractivity contribution in [2.75, 3.05) is 26.7 Å². The molecule has 1 aromatic rings. The lowest BCUT2D eigenvalue weighted by molar-refractivity contribution is -0.163. The van der Waals surface area contributed by atoms with Crippen molar-refractivity contribution < 1.29 is 14.6 Å². The normalized spacial score (nSPS) is 40.8. The Morgan fingerprint density at radius 2 is 2.14 bits per heavy atom. The van der Waals surface area contributed by atoms with Crippen LogP contribution in [0.1, 0.15) is 49.7 Å². The van der Waals surface area contributed by atoms with E-state index in [1.807, 2.05) is 0 Å². The van der Waals surface area contributed by atoms with Gasteiger partial charge in [0, 0.05) is 29.0 Å². The number of nitrogens with two attached hydrogens (primary N) is 1. The molecule has 0 radical (unpaired) electrons.